The molecule has 0 radical (unpaired) electrons. The molecule has 0 amide bonds. The van der Waals surface area contributed by atoms with E-state index in [2.05, 4.69) is 4.98 Å². The number of carbonyl (C=O) groups excluding carboxylic acids is 1. The fourth-order valence-corrected chi connectivity index (χ4v) is 1.64. The summed E-state index contributed by atoms with van der Waals surface area (Å²) in [6, 6.07) is 3.99. The van der Waals surface area contributed by atoms with Gasteiger partial charge in [0.15, 0.2) is 5.78 Å². The third kappa shape index (κ3) is 1.85. The molecular formula is C13H16N2O. The van der Waals surface area contributed by atoms with Gasteiger partial charge in [-0.15, -0.1) is 0 Å². The van der Waals surface area contributed by atoms with Gasteiger partial charge in [0, 0.05) is 18.3 Å². The third-order valence-electron chi connectivity index (χ3n) is 2.93. The number of ketones is 1. The first-order valence-electron chi connectivity index (χ1n) is 5.61. The number of fused-ring (bicyclic) bond motifs is 1. The van der Waals surface area contributed by atoms with Crippen LogP contribution in [0.5, 0.6) is 0 Å². The van der Waals surface area contributed by atoms with Gasteiger partial charge in [-0.25, -0.2) is 4.98 Å². The lowest BCUT2D eigenvalue weighted by atomic mass is 10.0. The number of hydrogen-bond donors (Lipinski definition) is 0. The normalized spacial score (nSPS) is 12.9. The Morgan fingerprint density at radius 1 is 1.56 bits per heavy atom. The van der Waals surface area contributed by atoms with Crippen molar-refractivity contribution in [2.75, 3.05) is 0 Å². The Morgan fingerprint density at radius 3 is 3.00 bits per heavy atom. The summed E-state index contributed by atoms with van der Waals surface area (Å²) in [6.45, 7) is 5.98. The van der Waals surface area contributed by atoms with E-state index in [1.54, 1.807) is 0 Å². The van der Waals surface area contributed by atoms with Gasteiger partial charge in [-0.05, 0) is 31.0 Å². The lowest BCUT2D eigenvalue weighted by molar-refractivity contribution is 0.0923. The summed E-state index contributed by atoms with van der Waals surface area (Å²) in [5, 5.41) is 0. The third-order valence-corrected chi connectivity index (χ3v) is 2.93. The first kappa shape index (κ1) is 10.9. The van der Waals surface area contributed by atoms with Crippen molar-refractivity contribution in [1.82, 2.24) is 9.38 Å². The molecule has 0 aliphatic rings. The maximum absolute atomic E-state index is 12.0. The number of aromatic nitrogens is 2. The van der Waals surface area contributed by atoms with Crippen molar-refractivity contribution in [1.29, 1.82) is 0 Å². The molecule has 3 nitrogen and oxygen atoms in total. The van der Waals surface area contributed by atoms with Crippen molar-refractivity contribution in [3.8, 4) is 0 Å². The highest BCUT2D eigenvalue weighted by molar-refractivity contribution is 5.96. The van der Waals surface area contributed by atoms with Crippen LogP contribution in [-0.2, 0) is 0 Å². The summed E-state index contributed by atoms with van der Waals surface area (Å²) < 4.78 is 1.89. The highest BCUT2D eigenvalue weighted by Crippen LogP contribution is 2.13. The Hall–Kier alpha value is -1.64. The van der Waals surface area contributed by atoms with Gasteiger partial charge in [-0.1, -0.05) is 13.8 Å². The summed E-state index contributed by atoms with van der Waals surface area (Å²) in [5.41, 5.74) is 2.56. The van der Waals surface area contributed by atoms with Crippen LogP contribution in [0.3, 0.4) is 0 Å². The quantitative estimate of drug-likeness (QED) is 0.739. The Balaban J connectivity index is 2.43. The molecule has 0 aromatic carbocycles. The summed E-state index contributed by atoms with van der Waals surface area (Å²) in [6.07, 6.45) is 4.60. The fraction of sp³-hybridized carbons (Fsp3) is 0.385. The van der Waals surface area contributed by atoms with Crippen LogP contribution in [-0.4, -0.2) is 15.2 Å². The van der Waals surface area contributed by atoms with Gasteiger partial charge in [-0.2, -0.15) is 0 Å². The first-order chi connectivity index (χ1) is 7.61. The molecule has 84 valence electrons. The molecule has 3 heteroatoms. The van der Waals surface area contributed by atoms with Crippen LogP contribution in [0.15, 0.2) is 24.5 Å². The van der Waals surface area contributed by atoms with Crippen LogP contribution in [0.25, 0.3) is 5.65 Å². The van der Waals surface area contributed by atoms with E-state index in [9.17, 15) is 4.79 Å². The molecule has 2 rings (SSSR count). The molecule has 1 unspecified atom stereocenters. The number of carbonyl (C=O) groups is 1. The zero-order valence-electron chi connectivity index (χ0n) is 9.90. The zero-order chi connectivity index (χ0) is 11.7. The van der Waals surface area contributed by atoms with Crippen molar-refractivity contribution >= 4 is 11.4 Å². The molecule has 0 aliphatic carbocycles. The molecule has 1 atom stereocenters. The lowest BCUT2D eigenvalue weighted by Crippen LogP contribution is -2.10. The van der Waals surface area contributed by atoms with Gasteiger partial charge in [-0.3, -0.25) is 4.79 Å². The Kier molecular flexibility index (Phi) is 2.77. The van der Waals surface area contributed by atoms with Gasteiger partial charge in [0.1, 0.15) is 11.3 Å². The van der Waals surface area contributed by atoms with Gasteiger partial charge in [0.2, 0.25) is 0 Å². The number of pyridine rings is 1. The van der Waals surface area contributed by atoms with Crippen molar-refractivity contribution in [3.05, 3.63) is 35.8 Å². The largest absolute Gasteiger partial charge is 0.306 e. The predicted octanol–water partition coefficient (Wildman–Crippen LogP) is 2.87. The summed E-state index contributed by atoms with van der Waals surface area (Å²) >= 11 is 0. The zero-order valence-corrected chi connectivity index (χ0v) is 9.90. The summed E-state index contributed by atoms with van der Waals surface area (Å²) in [4.78, 5) is 16.3. The van der Waals surface area contributed by atoms with Crippen LogP contribution in [0, 0.1) is 12.8 Å². The number of Topliss-reactive ketones (excluding diaryl/α,β-unsaturated/α-hetero) is 1. The first-order valence-corrected chi connectivity index (χ1v) is 5.61. The number of hydrogen-bond acceptors (Lipinski definition) is 2. The molecule has 2 aromatic rings. The van der Waals surface area contributed by atoms with E-state index < -0.39 is 0 Å². The lowest BCUT2D eigenvalue weighted by Gasteiger charge is -2.02. The van der Waals surface area contributed by atoms with Crippen molar-refractivity contribution in [2.45, 2.75) is 27.2 Å². The average molecular weight is 216 g/mol. The molecule has 0 N–H and O–H groups in total. The fourth-order valence-electron chi connectivity index (χ4n) is 1.64. The molecule has 0 saturated heterocycles. The number of imidazole rings is 1. The van der Waals surface area contributed by atoms with Gasteiger partial charge >= 0.3 is 0 Å². The molecule has 16 heavy (non-hydrogen) atoms. The van der Waals surface area contributed by atoms with Gasteiger partial charge in [0.25, 0.3) is 0 Å². The van der Waals surface area contributed by atoms with E-state index in [0.29, 0.717) is 5.69 Å². The smallest absolute Gasteiger partial charge is 0.185 e. The number of rotatable bonds is 3. The minimum Gasteiger partial charge on any atom is -0.306 e. The van der Waals surface area contributed by atoms with Gasteiger partial charge in [0.05, 0.1) is 0 Å². The number of nitrogens with zero attached hydrogens (tertiary/aromatic N) is 2. The maximum atomic E-state index is 12.0. The monoisotopic (exact) mass is 216 g/mol. The van der Waals surface area contributed by atoms with E-state index in [1.165, 1.54) is 0 Å². The molecule has 0 bridgehead atoms. The molecule has 2 heterocycles. The van der Waals surface area contributed by atoms with Crippen LogP contribution < -0.4 is 0 Å². The van der Waals surface area contributed by atoms with E-state index in [4.69, 9.17) is 0 Å². The maximum Gasteiger partial charge on any atom is 0.185 e. The minimum atomic E-state index is 0.0472. The Labute approximate surface area is 95.1 Å². The van der Waals surface area contributed by atoms with E-state index in [1.807, 2.05) is 49.7 Å². The van der Waals surface area contributed by atoms with E-state index >= 15 is 0 Å². The molecule has 0 fully saturated rings. The second-order valence-corrected chi connectivity index (χ2v) is 4.27. The molecular weight excluding hydrogens is 200 g/mol. The van der Waals surface area contributed by atoms with Crippen LogP contribution in [0.4, 0.5) is 0 Å². The minimum absolute atomic E-state index is 0.0472. The Bertz CT molecular complexity index is 528. The standard InChI is InChI=1S/C13H16N2O/c1-4-10(3)13(16)11-8-15-6-5-9(2)7-12(15)14-11/h5-8,10H,4H2,1-3H3. The van der Waals surface area contributed by atoms with Crippen LogP contribution >= 0.6 is 0 Å². The molecule has 2 aromatic heterocycles. The number of aryl methyl sites for hydroxylation is 1. The average Bonchev–Trinajstić information content (AvgIpc) is 2.69. The summed E-state index contributed by atoms with van der Waals surface area (Å²) in [5.74, 6) is 0.176. The highest BCUT2D eigenvalue weighted by Gasteiger charge is 2.16. The second-order valence-electron chi connectivity index (χ2n) is 4.27. The highest BCUT2D eigenvalue weighted by atomic mass is 16.1. The molecule has 0 saturated carbocycles. The topological polar surface area (TPSA) is 34.4 Å². The van der Waals surface area contributed by atoms with Crippen molar-refractivity contribution < 1.29 is 4.79 Å². The van der Waals surface area contributed by atoms with Gasteiger partial charge < -0.3 is 4.40 Å². The molecule has 0 aliphatic heterocycles. The summed E-state index contributed by atoms with van der Waals surface area (Å²) in [7, 11) is 0. The SMILES string of the molecule is CCC(C)C(=O)c1cn2ccc(C)cc2n1. The van der Waals surface area contributed by atoms with Crippen molar-refractivity contribution in [3.63, 3.8) is 0 Å². The van der Waals surface area contributed by atoms with E-state index in [0.717, 1.165) is 17.6 Å². The van der Waals surface area contributed by atoms with Crippen molar-refractivity contribution in [2.24, 2.45) is 5.92 Å². The Morgan fingerprint density at radius 2 is 2.31 bits per heavy atom. The molecule has 0 spiro atoms. The second kappa shape index (κ2) is 4.08. The van der Waals surface area contributed by atoms with Crippen LogP contribution in [0.1, 0.15) is 36.3 Å². The predicted molar refractivity (Wildman–Crippen MR) is 63.7 cm³/mol. The van der Waals surface area contributed by atoms with E-state index in [-0.39, 0.29) is 11.7 Å². The van der Waals surface area contributed by atoms with Crippen LogP contribution in [0.2, 0.25) is 0 Å².